The van der Waals surface area contributed by atoms with Crippen molar-refractivity contribution >= 4 is 23.4 Å². The summed E-state index contributed by atoms with van der Waals surface area (Å²) in [4.78, 5) is 27.8. The Labute approximate surface area is 191 Å². The summed E-state index contributed by atoms with van der Waals surface area (Å²) in [6.07, 6.45) is 10.8. The van der Waals surface area contributed by atoms with Gasteiger partial charge in [-0.05, 0) is 105 Å². The van der Waals surface area contributed by atoms with E-state index in [9.17, 15) is 9.59 Å². The van der Waals surface area contributed by atoms with Crippen LogP contribution in [0.15, 0.2) is 24.3 Å². The summed E-state index contributed by atoms with van der Waals surface area (Å²) in [6, 6.07) is 7.39. The summed E-state index contributed by atoms with van der Waals surface area (Å²) in [5, 5.41) is 4.15. The molecule has 1 aliphatic heterocycles. The van der Waals surface area contributed by atoms with Gasteiger partial charge in [-0.3, -0.25) is 9.59 Å². The van der Waals surface area contributed by atoms with Crippen LogP contribution in [0.2, 0.25) is 5.02 Å². The molecule has 0 spiro atoms. The zero-order valence-corrected chi connectivity index (χ0v) is 19.4. The van der Waals surface area contributed by atoms with Gasteiger partial charge in [0.15, 0.2) is 0 Å². The Morgan fingerprint density at radius 1 is 1.03 bits per heavy atom. The second kappa shape index (κ2) is 8.42. The highest BCUT2D eigenvalue weighted by molar-refractivity contribution is 6.30. The van der Waals surface area contributed by atoms with E-state index in [-0.39, 0.29) is 17.7 Å². The number of halogens is 1. The molecule has 4 bridgehead atoms. The Bertz CT molecular complexity index is 793. The number of likely N-dealkylation sites (tertiary alicyclic amines) is 1. The van der Waals surface area contributed by atoms with Crippen molar-refractivity contribution in [1.29, 1.82) is 0 Å². The first-order valence-corrected chi connectivity index (χ1v) is 12.7. The van der Waals surface area contributed by atoms with Gasteiger partial charge in [-0.1, -0.05) is 18.5 Å². The minimum Gasteiger partial charge on any atom is -0.353 e. The number of rotatable bonds is 5. The number of piperidine rings is 1. The highest BCUT2D eigenvalue weighted by Gasteiger charge is 2.54. The molecule has 4 saturated carbocycles. The van der Waals surface area contributed by atoms with Crippen LogP contribution in [0.4, 0.5) is 0 Å². The van der Waals surface area contributed by atoms with E-state index in [4.69, 9.17) is 11.6 Å². The van der Waals surface area contributed by atoms with Crippen molar-refractivity contribution in [1.82, 2.24) is 10.2 Å². The topological polar surface area (TPSA) is 49.4 Å². The van der Waals surface area contributed by atoms with Crippen molar-refractivity contribution in [3.63, 3.8) is 0 Å². The number of amides is 2. The van der Waals surface area contributed by atoms with E-state index < -0.39 is 0 Å². The van der Waals surface area contributed by atoms with E-state index in [1.807, 2.05) is 4.90 Å². The fourth-order valence-corrected chi connectivity index (χ4v) is 7.83. The van der Waals surface area contributed by atoms with Gasteiger partial charge in [-0.25, -0.2) is 0 Å². The van der Waals surface area contributed by atoms with E-state index in [1.165, 1.54) is 38.5 Å². The van der Waals surface area contributed by atoms with E-state index in [1.54, 1.807) is 24.3 Å². The third kappa shape index (κ3) is 4.13. The summed E-state index contributed by atoms with van der Waals surface area (Å²) in [5.41, 5.74) is 1.02. The number of carbonyl (C=O) groups is 2. The molecule has 1 heterocycles. The molecule has 4 aliphatic carbocycles. The lowest BCUT2D eigenvalue weighted by Gasteiger charge is -2.59. The molecular formula is C26H35ClN2O2. The molecule has 31 heavy (non-hydrogen) atoms. The summed E-state index contributed by atoms with van der Waals surface area (Å²) in [5.74, 6) is 2.99. The van der Waals surface area contributed by atoms with Crippen LogP contribution >= 0.6 is 11.6 Å². The number of hydrogen-bond donors (Lipinski definition) is 1. The number of carbonyl (C=O) groups excluding carboxylic acids is 2. The quantitative estimate of drug-likeness (QED) is 0.672. The summed E-state index contributed by atoms with van der Waals surface area (Å²) in [7, 11) is 0. The monoisotopic (exact) mass is 442 g/mol. The number of benzene rings is 1. The van der Waals surface area contributed by atoms with Crippen molar-refractivity contribution in [3.8, 4) is 0 Å². The average molecular weight is 443 g/mol. The predicted octanol–water partition coefficient (Wildman–Crippen LogP) is 5.30. The molecule has 4 nitrogen and oxygen atoms in total. The molecule has 5 heteroatoms. The Morgan fingerprint density at radius 2 is 1.58 bits per heavy atom. The maximum absolute atomic E-state index is 13.2. The van der Waals surface area contributed by atoms with Crippen LogP contribution in [0.1, 0.15) is 75.1 Å². The Kier molecular flexibility index (Phi) is 5.79. The van der Waals surface area contributed by atoms with E-state index in [2.05, 4.69) is 12.2 Å². The van der Waals surface area contributed by atoms with E-state index >= 15 is 0 Å². The van der Waals surface area contributed by atoms with Crippen molar-refractivity contribution < 1.29 is 9.59 Å². The molecule has 0 radical (unpaired) electrons. The highest BCUT2D eigenvalue weighted by atomic mass is 35.5. The minimum atomic E-state index is 0.0252. The lowest BCUT2D eigenvalue weighted by atomic mass is 9.47. The molecule has 5 aliphatic rings. The minimum absolute atomic E-state index is 0.0252. The van der Waals surface area contributed by atoms with Crippen LogP contribution in [-0.4, -0.2) is 35.8 Å². The largest absolute Gasteiger partial charge is 0.353 e. The summed E-state index contributed by atoms with van der Waals surface area (Å²) < 4.78 is 0. The Balaban J connectivity index is 1.18. The van der Waals surface area contributed by atoms with Crippen LogP contribution in [0.3, 0.4) is 0 Å². The predicted molar refractivity (Wildman–Crippen MR) is 123 cm³/mol. The van der Waals surface area contributed by atoms with Gasteiger partial charge in [0.25, 0.3) is 5.91 Å². The number of nitrogens with zero attached hydrogens (tertiary/aromatic N) is 1. The fourth-order valence-electron chi connectivity index (χ4n) is 7.70. The molecule has 0 aromatic heterocycles. The van der Waals surface area contributed by atoms with Gasteiger partial charge in [0.2, 0.25) is 5.91 Å². The lowest BCUT2D eigenvalue weighted by Crippen LogP contribution is -2.57. The third-order valence-electron chi connectivity index (χ3n) is 8.79. The van der Waals surface area contributed by atoms with Crippen LogP contribution in [0, 0.1) is 29.1 Å². The molecule has 0 unspecified atom stereocenters. The third-order valence-corrected chi connectivity index (χ3v) is 9.05. The van der Waals surface area contributed by atoms with Crippen molar-refractivity contribution in [2.75, 3.05) is 13.1 Å². The zero-order valence-electron chi connectivity index (χ0n) is 18.6. The van der Waals surface area contributed by atoms with E-state index in [0.717, 1.165) is 37.0 Å². The molecule has 5 fully saturated rings. The first-order valence-electron chi connectivity index (χ1n) is 12.3. The first kappa shape index (κ1) is 21.3. The van der Waals surface area contributed by atoms with Crippen molar-refractivity contribution in [3.05, 3.63) is 34.9 Å². The van der Waals surface area contributed by atoms with Crippen molar-refractivity contribution in [2.45, 2.75) is 70.8 Å². The maximum atomic E-state index is 13.2. The number of nitrogens with one attached hydrogen (secondary N) is 1. The zero-order chi connectivity index (χ0) is 21.6. The van der Waals surface area contributed by atoms with Gasteiger partial charge in [-0.15, -0.1) is 0 Å². The molecule has 1 saturated heterocycles. The van der Waals surface area contributed by atoms with Gasteiger partial charge in [0, 0.05) is 35.6 Å². The van der Waals surface area contributed by atoms with Gasteiger partial charge in [0.05, 0.1) is 0 Å². The number of hydrogen-bond acceptors (Lipinski definition) is 2. The van der Waals surface area contributed by atoms with Gasteiger partial charge in [0.1, 0.15) is 0 Å². The second-order valence-electron chi connectivity index (χ2n) is 10.8. The molecule has 1 N–H and O–H groups in total. The standard InChI is InChI=1S/C26H35ClN2O2/c1-2-23(26-14-17-11-18(15-26)13-19(12-17)16-26)28-24(30)20-7-9-29(10-8-20)25(31)21-3-5-22(27)6-4-21/h3-6,17-20,23H,2,7-16H2,1H3,(H,28,30)/t17?,18?,19?,23-,26?/m1/s1. The Morgan fingerprint density at radius 3 is 2.10 bits per heavy atom. The van der Waals surface area contributed by atoms with Crippen LogP contribution in [-0.2, 0) is 4.79 Å². The first-order chi connectivity index (χ1) is 15.0. The molecule has 1 atom stereocenters. The average Bonchev–Trinajstić information content (AvgIpc) is 2.76. The van der Waals surface area contributed by atoms with Gasteiger partial charge in [-0.2, -0.15) is 0 Å². The highest BCUT2D eigenvalue weighted by Crippen LogP contribution is 2.61. The molecule has 168 valence electrons. The fraction of sp³-hybridized carbons (Fsp3) is 0.692. The van der Waals surface area contributed by atoms with Crippen LogP contribution in [0.5, 0.6) is 0 Å². The van der Waals surface area contributed by atoms with Crippen molar-refractivity contribution in [2.24, 2.45) is 29.1 Å². The smallest absolute Gasteiger partial charge is 0.253 e. The molecular weight excluding hydrogens is 408 g/mol. The Hall–Kier alpha value is -1.55. The lowest BCUT2D eigenvalue weighted by molar-refractivity contribution is -0.131. The maximum Gasteiger partial charge on any atom is 0.253 e. The van der Waals surface area contributed by atoms with Gasteiger partial charge >= 0.3 is 0 Å². The summed E-state index contributed by atoms with van der Waals surface area (Å²) in [6.45, 7) is 3.54. The molecule has 6 rings (SSSR count). The van der Waals surface area contributed by atoms with E-state index in [0.29, 0.717) is 35.1 Å². The normalized spacial score (nSPS) is 33.4. The second-order valence-corrected chi connectivity index (χ2v) is 11.3. The van der Waals surface area contributed by atoms with Crippen LogP contribution in [0.25, 0.3) is 0 Å². The molecule has 1 aromatic carbocycles. The SMILES string of the molecule is CC[C@@H](NC(=O)C1CCN(C(=O)c2ccc(Cl)cc2)CC1)C12CC3CC(CC(C3)C1)C2. The summed E-state index contributed by atoms with van der Waals surface area (Å²) >= 11 is 5.94. The molecule has 1 aromatic rings. The van der Waals surface area contributed by atoms with Gasteiger partial charge < -0.3 is 10.2 Å². The molecule has 2 amide bonds. The van der Waals surface area contributed by atoms with Crippen LogP contribution < -0.4 is 5.32 Å².